The summed E-state index contributed by atoms with van der Waals surface area (Å²) in [4.78, 5) is 4.82. The van der Waals surface area contributed by atoms with Gasteiger partial charge in [-0.05, 0) is 69.2 Å². The van der Waals surface area contributed by atoms with Gasteiger partial charge in [-0.3, -0.25) is 0 Å². The standard InChI is InChI=1S/C17H27N3/c1-10-19-15(3-4-18)17(20(10)2)16-13-6-11-5-12(8-13)9-14(16)7-11/h11-14,16H,3-9,18H2,1-2H3. The average Bonchev–Trinajstić information content (AvgIpc) is 2.66. The first-order valence-corrected chi connectivity index (χ1v) is 8.39. The highest BCUT2D eigenvalue weighted by molar-refractivity contribution is 5.26. The second-order valence-electron chi connectivity index (χ2n) is 7.55. The Morgan fingerprint density at radius 1 is 1.10 bits per heavy atom. The van der Waals surface area contributed by atoms with E-state index in [2.05, 4.69) is 18.5 Å². The minimum Gasteiger partial charge on any atom is -0.335 e. The van der Waals surface area contributed by atoms with Gasteiger partial charge in [0, 0.05) is 25.1 Å². The van der Waals surface area contributed by atoms with Crippen LogP contribution in [0.1, 0.15) is 55.2 Å². The van der Waals surface area contributed by atoms with E-state index < -0.39 is 0 Å². The maximum atomic E-state index is 5.81. The molecule has 0 aliphatic heterocycles. The lowest BCUT2D eigenvalue weighted by Crippen LogP contribution is -2.44. The molecule has 110 valence electrons. The van der Waals surface area contributed by atoms with Crippen LogP contribution in [0.25, 0.3) is 0 Å². The summed E-state index contributed by atoms with van der Waals surface area (Å²) in [7, 11) is 2.21. The molecule has 4 saturated carbocycles. The van der Waals surface area contributed by atoms with Crippen molar-refractivity contribution >= 4 is 0 Å². The number of nitrogens with two attached hydrogens (primary N) is 1. The molecule has 0 radical (unpaired) electrons. The third kappa shape index (κ3) is 1.78. The molecule has 0 aromatic carbocycles. The highest BCUT2D eigenvalue weighted by atomic mass is 15.1. The Balaban J connectivity index is 1.74. The predicted octanol–water partition coefficient (Wildman–Crippen LogP) is 2.77. The van der Waals surface area contributed by atoms with Crippen molar-refractivity contribution in [2.24, 2.45) is 36.5 Å². The van der Waals surface area contributed by atoms with Crippen LogP contribution in [0, 0.1) is 30.6 Å². The molecule has 4 aliphatic carbocycles. The van der Waals surface area contributed by atoms with Gasteiger partial charge in [0.25, 0.3) is 0 Å². The summed E-state index contributed by atoms with van der Waals surface area (Å²) in [5.74, 6) is 5.88. The lowest BCUT2D eigenvalue weighted by atomic mass is 9.51. The number of hydrogen-bond donors (Lipinski definition) is 1. The smallest absolute Gasteiger partial charge is 0.105 e. The Labute approximate surface area is 122 Å². The van der Waals surface area contributed by atoms with Crippen LogP contribution in [-0.2, 0) is 13.5 Å². The summed E-state index contributed by atoms with van der Waals surface area (Å²) in [6.45, 7) is 2.86. The number of imidazole rings is 1. The number of rotatable bonds is 3. The van der Waals surface area contributed by atoms with E-state index in [1.807, 2.05) is 0 Å². The van der Waals surface area contributed by atoms with Gasteiger partial charge in [-0.1, -0.05) is 0 Å². The molecule has 1 aromatic rings. The molecular weight excluding hydrogens is 246 g/mol. The van der Waals surface area contributed by atoms with Crippen LogP contribution in [0.5, 0.6) is 0 Å². The van der Waals surface area contributed by atoms with Gasteiger partial charge in [0.1, 0.15) is 5.82 Å². The largest absolute Gasteiger partial charge is 0.335 e. The Morgan fingerprint density at radius 3 is 2.25 bits per heavy atom. The molecule has 0 atom stereocenters. The zero-order valence-electron chi connectivity index (χ0n) is 12.8. The Hall–Kier alpha value is -0.830. The monoisotopic (exact) mass is 273 g/mol. The topological polar surface area (TPSA) is 43.8 Å². The van der Waals surface area contributed by atoms with Crippen LogP contribution >= 0.6 is 0 Å². The minimum atomic E-state index is 0.719. The first-order chi connectivity index (χ1) is 9.67. The van der Waals surface area contributed by atoms with Crippen molar-refractivity contribution in [3.8, 4) is 0 Å². The second-order valence-corrected chi connectivity index (χ2v) is 7.55. The first-order valence-electron chi connectivity index (χ1n) is 8.39. The molecule has 0 unspecified atom stereocenters. The number of hydrogen-bond acceptors (Lipinski definition) is 2. The lowest BCUT2D eigenvalue weighted by Gasteiger charge is -2.54. The lowest BCUT2D eigenvalue weighted by molar-refractivity contribution is -0.00537. The van der Waals surface area contributed by atoms with Gasteiger partial charge < -0.3 is 10.3 Å². The number of aryl methyl sites for hydroxylation is 1. The molecule has 20 heavy (non-hydrogen) atoms. The van der Waals surface area contributed by atoms with Crippen LogP contribution in [0.3, 0.4) is 0 Å². The van der Waals surface area contributed by atoms with Crippen LogP contribution in [0.15, 0.2) is 0 Å². The molecule has 4 bridgehead atoms. The van der Waals surface area contributed by atoms with Crippen molar-refractivity contribution in [1.82, 2.24) is 9.55 Å². The fraction of sp³-hybridized carbons (Fsp3) is 0.824. The molecule has 3 nitrogen and oxygen atoms in total. The molecule has 0 spiro atoms. The summed E-state index contributed by atoms with van der Waals surface area (Å²) in [6.07, 6.45) is 8.38. The quantitative estimate of drug-likeness (QED) is 0.920. The molecule has 0 amide bonds. The molecule has 5 rings (SSSR count). The van der Waals surface area contributed by atoms with Crippen molar-refractivity contribution in [1.29, 1.82) is 0 Å². The third-order valence-corrected chi connectivity index (χ3v) is 6.36. The van der Waals surface area contributed by atoms with Gasteiger partial charge in [-0.25, -0.2) is 4.98 Å². The maximum Gasteiger partial charge on any atom is 0.105 e. The van der Waals surface area contributed by atoms with Crippen molar-refractivity contribution in [2.45, 2.75) is 51.4 Å². The van der Waals surface area contributed by atoms with E-state index in [9.17, 15) is 0 Å². The SMILES string of the molecule is Cc1nc(CCN)c(C2C3CC4CC(C3)CC2C4)n1C. The van der Waals surface area contributed by atoms with E-state index in [0.29, 0.717) is 0 Å². The van der Waals surface area contributed by atoms with Crippen LogP contribution in [-0.4, -0.2) is 16.1 Å². The summed E-state index contributed by atoms with van der Waals surface area (Å²) in [5.41, 5.74) is 8.65. The summed E-state index contributed by atoms with van der Waals surface area (Å²) < 4.78 is 2.37. The van der Waals surface area contributed by atoms with Crippen molar-refractivity contribution in [2.75, 3.05) is 6.54 Å². The third-order valence-electron chi connectivity index (χ3n) is 6.36. The molecule has 1 aromatic heterocycles. The first kappa shape index (κ1) is 12.9. The van der Waals surface area contributed by atoms with Gasteiger partial charge in [0.2, 0.25) is 0 Å². The van der Waals surface area contributed by atoms with Crippen LogP contribution in [0.4, 0.5) is 0 Å². The Kier molecular flexibility index (Phi) is 2.95. The molecular formula is C17H27N3. The zero-order chi connectivity index (χ0) is 13.9. The molecule has 3 heteroatoms. The van der Waals surface area contributed by atoms with E-state index in [1.165, 1.54) is 37.8 Å². The van der Waals surface area contributed by atoms with Gasteiger partial charge in [-0.2, -0.15) is 0 Å². The van der Waals surface area contributed by atoms with E-state index in [0.717, 1.165) is 48.4 Å². The summed E-state index contributed by atoms with van der Waals surface area (Å²) in [6, 6.07) is 0. The van der Waals surface area contributed by atoms with E-state index in [4.69, 9.17) is 10.7 Å². The van der Waals surface area contributed by atoms with Crippen molar-refractivity contribution in [3.63, 3.8) is 0 Å². The fourth-order valence-electron chi connectivity index (χ4n) is 5.80. The van der Waals surface area contributed by atoms with Crippen molar-refractivity contribution < 1.29 is 0 Å². The van der Waals surface area contributed by atoms with Gasteiger partial charge in [-0.15, -0.1) is 0 Å². The molecule has 1 heterocycles. The maximum absolute atomic E-state index is 5.81. The summed E-state index contributed by atoms with van der Waals surface area (Å²) >= 11 is 0. The highest BCUT2D eigenvalue weighted by Gasteiger charge is 2.50. The van der Waals surface area contributed by atoms with Gasteiger partial charge in [0.05, 0.1) is 5.69 Å². The van der Waals surface area contributed by atoms with Crippen LogP contribution in [0.2, 0.25) is 0 Å². The Bertz CT molecular complexity index is 489. The van der Waals surface area contributed by atoms with E-state index in [1.54, 1.807) is 5.69 Å². The number of nitrogens with zero attached hydrogens (tertiary/aromatic N) is 2. The van der Waals surface area contributed by atoms with Crippen molar-refractivity contribution in [3.05, 3.63) is 17.2 Å². The Morgan fingerprint density at radius 2 is 1.70 bits per heavy atom. The minimum absolute atomic E-state index is 0.719. The van der Waals surface area contributed by atoms with Gasteiger partial charge >= 0.3 is 0 Å². The number of aromatic nitrogens is 2. The fourth-order valence-corrected chi connectivity index (χ4v) is 5.80. The van der Waals surface area contributed by atoms with E-state index >= 15 is 0 Å². The van der Waals surface area contributed by atoms with Gasteiger partial charge in [0.15, 0.2) is 0 Å². The predicted molar refractivity (Wildman–Crippen MR) is 80.5 cm³/mol. The zero-order valence-corrected chi connectivity index (χ0v) is 12.8. The molecule has 0 saturated heterocycles. The second kappa shape index (κ2) is 4.59. The van der Waals surface area contributed by atoms with E-state index in [-0.39, 0.29) is 0 Å². The van der Waals surface area contributed by atoms with Crippen LogP contribution < -0.4 is 5.73 Å². The molecule has 4 fully saturated rings. The highest BCUT2D eigenvalue weighted by Crippen LogP contribution is 2.60. The summed E-state index contributed by atoms with van der Waals surface area (Å²) in [5, 5.41) is 0. The normalized spacial score (nSPS) is 38.6. The molecule has 4 aliphatic rings. The average molecular weight is 273 g/mol. The molecule has 2 N–H and O–H groups in total.